The summed E-state index contributed by atoms with van der Waals surface area (Å²) in [6.45, 7) is 1.89. The van der Waals surface area contributed by atoms with E-state index in [1.54, 1.807) is 0 Å². The average Bonchev–Trinajstić information content (AvgIpc) is 3.09. The molecule has 2 heterocycles. The van der Waals surface area contributed by atoms with Crippen molar-refractivity contribution in [3.05, 3.63) is 66.9 Å². The van der Waals surface area contributed by atoms with Gasteiger partial charge in [0.05, 0.1) is 11.1 Å². The van der Waals surface area contributed by atoms with Gasteiger partial charge in [-0.1, -0.05) is 37.5 Å². The van der Waals surface area contributed by atoms with Gasteiger partial charge >= 0.3 is 5.69 Å². The molecule has 1 aliphatic heterocycles. The Labute approximate surface area is 178 Å². The van der Waals surface area contributed by atoms with Crippen LogP contribution in [0.25, 0.3) is 11.6 Å². The third kappa shape index (κ3) is 4.23. The van der Waals surface area contributed by atoms with Gasteiger partial charge < -0.3 is 10.4 Å². The summed E-state index contributed by atoms with van der Waals surface area (Å²) in [4.78, 5) is 43.3. The normalized spacial score (nSPS) is 17.5. The van der Waals surface area contributed by atoms with Gasteiger partial charge in [0, 0.05) is 24.7 Å². The zero-order chi connectivity index (χ0) is 22.0. The summed E-state index contributed by atoms with van der Waals surface area (Å²) >= 11 is 0. The lowest BCUT2D eigenvalue weighted by Gasteiger charge is -2.24. The summed E-state index contributed by atoms with van der Waals surface area (Å²) in [5.41, 5.74) is 0.209. The zero-order valence-corrected chi connectivity index (χ0v) is 17.5. The fraction of sp³-hybridized carbons (Fsp3) is 0.391. The third-order valence-corrected chi connectivity index (χ3v) is 5.90. The van der Waals surface area contributed by atoms with Crippen LogP contribution in [0.3, 0.4) is 0 Å². The van der Waals surface area contributed by atoms with Crippen LogP contribution < -0.4 is 27.1 Å². The molecule has 0 atom stereocenters. The molecule has 8 heteroatoms. The Morgan fingerprint density at radius 3 is 2.74 bits per heavy atom. The highest BCUT2D eigenvalue weighted by molar-refractivity contribution is 5.77. The van der Waals surface area contributed by atoms with Gasteiger partial charge in [-0.05, 0) is 37.0 Å². The second-order valence-corrected chi connectivity index (χ2v) is 8.03. The molecule has 8 nitrogen and oxygen atoms in total. The van der Waals surface area contributed by atoms with E-state index in [4.69, 9.17) is 0 Å². The molecule has 0 bridgehead atoms. The lowest BCUT2D eigenvalue weighted by molar-refractivity contribution is -0.118. The van der Waals surface area contributed by atoms with E-state index in [1.807, 2.05) is 24.3 Å². The quantitative estimate of drug-likeness (QED) is 0.669. The number of carbonyl (C=O) groups is 1. The van der Waals surface area contributed by atoms with Crippen molar-refractivity contribution >= 4 is 17.6 Å². The van der Waals surface area contributed by atoms with E-state index in [1.165, 1.54) is 17.6 Å². The van der Waals surface area contributed by atoms with Crippen molar-refractivity contribution in [1.29, 1.82) is 0 Å². The molecule has 0 unspecified atom stereocenters. The van der Waals surface area contributed by atoms with Crippen LogP contribution in [0.5, 0.6) is 5.88 Å². The van der Waals surface area contributed by atoms with Gasteiger partial charge in [0.25, 0.3) is 5.56 Å². The van der Waals surface area contributed by atoms with Crippen LogP contribution in [-0.2, 0) is 4.79 Å². The molecule has 1 saturated carbocycles. The molecule has 1 aromatic carbocycles. The lowest BCUT2D eigenvalue weighted by Crippen LogP contribution is -2.34. The molecule has 3 N–H and O–H groups in total. The van der Waals surface area contributed by atoms with Crippen LogP contribution in [0, 0.1) is 0 Å². The number of H-pyrrole nitrogens is 1. The van der Waals surface area contributed by atoms with E-state index in [9.17, 15) is 19.5 Å². The lowest BCUT2D eigenvalue weighted by atomic mass is 9.95. The van der Waals surface area contributed by atoms with Crippen molar-refractivity contribution < 1.29 is 9.90 Å². The van der Waals surface area contributed by atoms with Gasteiger partial charge in [0.15, 0.2) is 0 Å². The minimum atomic E-state index is -0.644. The van der Waals surface area contributed by atoms with E-state index in [0.29, 0.717) is 18.7 Å². The molecule has 2 aliphatic rings. The Morgan fingerprint density at radius 1 is 1.26 bits per heavy atom. The Balaban J connectivity index is 1.80. The van der Waals surface area contributed by atoms with Crippen LogP contribution in [0.1, 0.15) is 57.1 Å². The van der Waals surface area contributed by atoms with E-state index < -0.39 is 11.2 Å². The molecule has 162 valence electrons. The molecule has 0 radical (unpaired) electrons. The number of fused-ring (bicyclic) bond motifs is 1. The number of nitrogens with zero attached hydrogens (tertiary/aromatic N) is 2. The maximum Gasteiger partial charge on any atom is 0.331 e. The summed E-state index contributed by atoms with van der Waals surface area (Å²) < 4.78 is 1.31. The van der Waals surface area contributed by atoms with Crippen LogP contribution in [-0.4, -0.2) is 27.1 Å². The summed E-state index contributed by atoms with van der Waals surface area (Å²) in [6, 6.07) is 7.47. The van der Waals surface area contributed by atoms with Gasteiger partial charge in [0.2, 0.25) is 11.8 Å². The van der Waals surface area contributed by atoms with Crippen LogP contribution >= 0.6 is 0 Å². The molecule has 0 spiro atoms. The molecule has 4 rings (SSSR count). The van der Waals surface area contributed by atoms with Crippen molar-refractivity contribution in [2.24, 2.45) is 4.99 Å². The first-order valence-corrected chi connectivity index (χ1v) is 10.7. The maximum atomic E-state index is 12.6. The minimum absolute atomic E-state index is 0.0220. The molecule has 0 saturated heterocycles. The van der Waals surface area contributed by atoms with E-state index >= 15 is 0 Å². The number of hydrogen-bond acceptors (Lipinski definition) is 5. The van der Waals surface area contributed by atoms with Crippen molar-refractivity contribution in [2.45, 2.75) is 51.5 Å². The monoisotopic (exact) mass is 422 g/mol. The van der Waals surface area contributed by atoms with Gasteiger partial charge in [0.1, 0.15) is 5.56 Å². The number of aromatic hydroxyl groups is 1. The highest BCUT2D eigenvalue weighted by atomic mass is 16.3. The predicted octanol–water partition coefficient (Wildman–Crippen LogP) is 1.10. The number of benzene rings is 1. The number of hydrogen-bond donors (Lipinski definition) is 3. The number of nitrogens with one attached hydrogen (secondary N) is 2. The number of carbonyl (C=O) groups excluding carboxylic acids is 1. The first-order chi connectivity index (χ1) is 15.0. The van der Waals surface area contributed by atoms with Gasteiger partial charge in [-0.15, -0.1) is 0 Å². The van der Waals surface area contributed by atoms with E-state index in [-0.39, 0.29) is 23.4 Å². The van der Waals surface area contributed by atoms with Gasteiger partial charge in [-0.2, -0.15) is 0 Å². The van der Waals surface area contributed by atoms with Crippen molar-refractivity contribution in [1.82, 2.24) is 14.9 Å². The van der Waals surface area contributed by atoms with Crippen molar-refractivity contribution in [3.63, 3.8) is 0 Å². The number of para-hydroxylation sites is 1. The molecule has 1 amide bonds. The SMILES string of the molecule is CC(=O)NCCC1=c2ccccc2=N/C1=C\c1c(O)n(C2CCCCC2)c(=O)[nH]c1=O. The third-order valence-electron chi connectivity index (χ3n) is 5.90. The smallest absolute Gasteiger partial charge is 0.331 e. The maximum absolute atomic E-state index is 12.6. The number of allylic oxidation sites excluding steroid dienone is 1. The average molecular weight is 422 g/mol. The number of rotatable bonds is 5. The molecule has 1 aliphatic carbocycles. The van der Waals surface area contributed by atoms with Crippen LogP contribution in [0.4, 0.5) is 0 Å². The molecule has 1 aromatic heterocycles. The highest BCUT2D eigenvalue weighted by Crippen LogP contribution is 2.31. The molecule has 1 fully saturated rings. The topological polar surface area (TPSA) is 117 Å². The second kappa shape index (κ2) is 8.75. The summed E-state index contributed by atoms with van der Waals surface area (Å²) in [6.07, 6.45) is 6.72. The molecule has 31 heavy (non-hydrogen) atoms. The molecule has 2 aromatic rings. The number of aromatic nitrogens is 2. The van der Waals surface area contributed by atoms with Crippen LogP contribution in [0.15, 0.2) is 44.5 Å². The minimum Gasteiger partial charge on any atom is -0.494 e. The first-order valence-electron chi connectivity index (χ1n) is 10.7. The number of aromatic amines is 1. The fourth-order valence-corrected chi connectivity index (χ4v) is 4.40. The largest absolute Gasteiger partial charge is 0.494 e. The summed E-state index contributed by atoms with van der Waals surface area (Å²) in [5, 5.41) is 15.4. The van der Waals surface area contributed by atoms with Gasteiger partial charge in [-0.3, -0.25) is 19.1 Å². The number of amides is 1. The highest BCUT2D eigenvalue weighted by Gasteiger charge is 2.23. The van der Waals surface area contributed by atoms with Crippen molar-refractivity contribution in [3.8, 4) is 5.88 Å². The Kier molecular flexibility index (Phi) is 5.88. The van der Waals surface area contributed by atoms with Gasteiger partial charge in [-0.25, -0.2) is 9.79 Å². The van der Waals surface area contributed by atoms with E-state index in [0.717, 1.165) is 48.3 Å². The van der Waals surface area contributed by atoms with E-state index in [2.05, 4.69) is 15.3 Å². The summed E-state index contributed by atoms with van der Waals surface area (Å²) in [7, 11) is 0. The first kappa shape index (κ1) is 20.8. The molecular formula is C23H26N4O4. The Hall–Kier alpha value is -3.42. The van der Waals surface area contributed by atoms with Crippen LogP contribution in [0.2, 0.25) is 0 Å². The Morgan fingerprint density at radius 2 is 2.00 bits per heavy atom. The Bertz CT molecular complexity index is 1280. The fourth-order valence-electron chi connectivity index (χ4n) is 4.40. The second-order valence-electron chi connectivity index (χ2n) is 8.03. The molecular weight excluding hydrogens is 396 g/mol. The summed E-state index contributed by atoms with van der Waals surface area (Å²) in [5.74, 6) is -0.441. The predicted molar refractivity (Wildman–Crippen MR) is 117 cm³/mol. The zero-order valence-electron chi connectivity index (χ0n) is 17.5. The van der Waals surface area contributed by atoms with Crippen molar-refractivity contribution in [2.75, 3.05) is 6.54 Å². The standard InChI is InChI=1S/C23H26N4O4/c1-14(28)24-12-11-17-16-9-5-6-10-19(16)25-20(17)13-18-21(29)26-23(31)27(22(18)30)15-7-3-2-4-8-15/h5-6,9-10,13,15,30H,2-4,7-8,11-12H2,1H3,(H,24,28)(H,26,29,31)/b20-13-.